The molecule has 114 valence electrons. The normalized spacial score (nSPS) is 10.0. The van der Waals surface area contributed by atoms with E-state index in [0.29, 0.717) is 17.3 Å². The molecule has 0 amide bonds. The molecule has 0 fully saturated rings. The highest BCUT2D eigenvalue weighted by Crippen LogP contribution is 2.27. The molecule has 2 rings (SSSR count). The van der Waals surface area contributed by atoms with Crippen molar-refractivity contribution in [1.82, 2.24) is 5.32 Å². The molecule has 0 saturated carbocycles. The van der Waals surface area contributed by atoms with Crippen LogP contribution in [-0.2, 0) is 6.42 Å². The summed E-state index contributed by atoms with van der Waals surface area (Å²) in [4.78, 5) is 10.3. The molecule has 2 aromatic carbocycles. The van der Waals surface area contributed by atoms with E-state index in [4.69, 9.17) is 23.8 Å². The van der Waals surface area contributed by atoms with Gasteiger partial charge in [-0.2, -0.15) is 0 Å². The summed E-state index contributed by atoms with van der Waals surface area (Å²) in [7, 11) is 0. The minimum Gasteiger partial charge on any atom is -0.362 e. The van der Waals surface area contributed by atoms with E-state index in [1.54, 1.807) is 6.07 Å². The smallest absolute Gasteiger partial charge is 0.289 e. The number of anilines is 1. The van der Waals surface area contributed by atoms with Gasteiger partial charge in [0.05, 0.1) is 4.92 Å². The predicted molar refractivity (Wildman–Crippen MR) is 92.5 cm³/mol. The maximum absolute atomic E-state index is 10.8. The van der Waals surface area contributed by atoms with E-state index < -0.39 is 4.92 Å². The summed E-state index contributed by atoms with van der Waals surface area (Å²) >= 11 is 10.9. The molecule has 0 unspecified atom stereocenters. The van der Waals surface area contributed by atoms with Crippen molar-refractivity contribution < 1.29 is 4.92 Å². The number of hydrogen-bond acceptors (Lipinski definition) is 3. The van der Waals surface area contributed by atoms with Crippen LogP contribution in [0, 0.1) is 10.1 Å². The van der Waals surface area contributed by atoms with Gasteiger partial charge in [-0.3, -0.25) is 10.1 Å². The van der Waals surface area contributed by atoms with Crippen LogP contribution in [0.15, 0.2) is 48.5 Å². The Morgan fingerprint density at radius 1 is 1.23 bits per heavy atom. The van der Waals surface area contributed by atoms with Crippen molar-refractivity contribution in [3.8, 4) is 0 Å². The molecule has 0 bridgehead atoms. The van der Waals surface area contributed by atoms with Gasteiger partial charge in [0, 0.05) is 18.3 Å². The van der Waals surface area contributed by atoms with E-state index >= 15 is 0 Å². The molecule has 0 saturated heterocycles. The van der Waals surface area contributed by atoms with Gasteiger partial charge in [-0.05, 0) is 36.3 Å². The number of nitrogens with one attached hydrogen (secondary N) is 2. The minimum absolute atomic E-state index is 0.0958. The second-order valence-corrected chi connectivity index (χ2v) is 5.36. The highest BCUT2D eigenvalue weighted by atomic mass is 35.5. The Morgan fingerprint density at radius 3 is 2.64 bits per heavy atom. The second-order valence-electron chi connectivity index (χ2n) is 4.54. The van der Waals surface area contributed by atoms with Crippen LogP contribution in [0.3, 0.4) is 0 Å². The number of nitro benzene ring substituents is 1. The summed E-state index contributed by atoms with van der Waals surface area (Å²) in [5.41, 5.74) is 1.58. The molecule has 2 aromatic rings. The van der Waals surface area contributed by atoms with Gasteiger partial charge in [0.15, 0.2) is 5.11 Å². The van der Waals surface area contributed by atoms with Crippen LogP contribution in [0.1, 0.15) is 5.56 Å². The lowest BCUT2D eigenvalue weighted by Crippen LogP contribution is -2.30. The van der Waals surface area contributed by atoms with Crippen molar-refractivity contribution in [1.29, 1.82) is 0 Å². The average molecular weight is 336 g/mol. The zero-order valence-electron chi connectivity index (χ0n) is 11.6. The van der Waals surface area contributed by atoms with Crippen LogP contribution in [0.5, 0.6) is 0 Å². The van der Waals surface area contributed by atoms with E-state index in [-0.39, 0.29) is 10.7 Å². The number of nitrogens with zero attached hydrogens (tertiary/aromatic N) is 1. The van der Waals surface area contributed by atoms with Crippen LogP contribution >= 0.6 is 23.8 Å². The molecule has 0 radical (unpaired) electrons. The van der Waals surface area contributed by atoms with Crippen LogP contribution in [-0.4, -0.2) is 16.6 Å². The summed E-state index contributed by atoms with van der Waals surface area (Å²) in [6.45, 7) is 0.672. The third-order valence-electron chi connectivity index (χ3n) is 2.94. The lowest BCUT2D eigenvalue weighted by molar-refractivity contribution is -0.384. The minimum atomic E-state index is -0.528. The lowest BCUT2D eigenvalue weighted by Gasteiger charge is -2.10. The Kier molecular flexibility index (Phi) is 5.68. The zero-order chi connectivity index (χ0) is 15.9. The maximum Gasteiger partial charge on any atom is 0.289 e. The molecule has 0 aliphatic rings. The van der Waals surface area contributed by atoms with Gasteiger partial charge in [0.1, 0.15) is 5.02 Å². The Balaban J connectivity index is 1.87. The van der Waals surface area contributed by atoms with Crippen molar-refractivity contribution >= 4 is 40.3 Å². The van der Waals surface area contributed by atoms with Crippen molar-refractivity contribution in [2.75, 3.05) is 11.9 Å². The summed E-state index contributed by atoms with van der Waals surface area (Å²) in [6, 6.07) is 14.5. The van der Waals surface area contributed by atoms with Gasteiger partial charge in [-0.25, -0.2) is 0 Å². The Labute approximate surface area is 138 Å². The van der Waals surface area contributed by atoms with Crippen LogP contribution in [0.2, 0.25) is 5.02 Å². The topological polar surface area (TPSA) is 67.2 Å². The number of thiocarbonyl (C=S) groups is 1. The first-order valence-corrected chi connectivity index (χ1v) is 7.37. The maximum atomic E-state index is 10.8. The molecular formula is C15H14ClN3O2S. The van der Waals surface area contributed by atoms with E-state index in [0.717, 1.165) is 6.42 Å². The van der Waals surface area contributed by atoms with Crippen molar-refractivity contribution in [2.24, 2.45) is 0 Å². The Morgan fingerprint density at radius 2 is 1.95 bits per heavy atom. The van der Waals surface area contributed by atoms with Crippen LogP contribution in [0.4, 0.5) is 11.4 Å². The summed E-state index contributed by atoms with van der Waals surface area (Å²) < 4.78 is 0. The predicted octanol–water partition coefficient (Wildman–Crippen LogP) is 3.78. The molecule has 7 heteroatoms. The monoisotopic (exact) mass is 335 g/mol. The summed E-state index contributed by atoms with van der Waals surface area (Å²) in [5, 5.41) is 17.3. The molecule has 22 heavy (non-hydrogen) atoms. The van der Waals surface area contributed by atoms with Crippen LogP contribution < -0.4 is 10.6 Å². The molecule has 0 aliphatic carbocycles. The SMILES string of the molecule is O=[N+]([O-])c1cc(NC(=S)NCCc2ccccc2)ccc1Cl. The quantitative estimate of drug-likeness (QED) is 0.494. The fourth-order valence-corrected chi connectivity index (χ4v) is 2.28. The molecule has 0 heterocycles. The first-order chi connectivity index (χ1) is 10.6. The fraction of sp³-hybridized carbons (Fsp3) is 0.133. The summed E-state index contributed by atoms with van der Waals surface area (Å²) in [5.74, 6) is 0. The van der Waals surface area contributed by atoms with E-state index in [2.05, 4.69) is 10.6 Å². The number of benzene rings is 2. The fourth-order valence-electron chi connectivity index (χ4n) is 1.87. The average Bonchev–Trinajstić information content (AvgIpc) is 2.50. The third kappa shape index (κ3) is 4.68. The molecule has 2 N–H and O–H groups in total. The van der Waals surface area contributed by atoms with Crippen LogP contribution in [0.25, 0.3) is 0 Å². The van der Waals surface area contributed by atoms with Gasteiger partial charge in [0.2, 0.25) is 0 Å². The largest absolute Gasteiger partial charge is 0.362 e. The van der Waals surface area contributed by atoms with Gasteiger partial charge in [-0.15, -0.1) is 0 Å². The highest BCUT2D eigenvalue weighted by Gasteiger charge is 2.13. The zero-order valence-corrected chi connectivity index (χ0v) is 13.2. The summed E-state index contributed by atoms with van der Waals surface area (Å²) in [6.07, 6.45) is 0.837. The Bertz CT molecular complexity index is 680. The van der Waals surface area contributed by atoms with Gasteiger partial charge in [0.25, 0.3) is 5.69 Å². The number of nitro groups is 1. The Hall–Kier alpha value is -2.18. The number of rotatable bonds is 5. The lowest BCUT2D eigenvalue weighted by atomic mass is 10.1. The van der Waals surface area contributed by atoms with Gasteiger partial charge in [-0.1, -0.05) is 41.9 Å². The number of halogens is 1. The van der Waals surface area contributed by atoms with Crippen molar-refractivity contribution in [3.05, 3.63) is 69.2 Å². The first-order valence-electron chi connectivity index (χ1n) is 6.59. The molecular weight excluding hydrogens is 322 g/mol. The highest BCUT2D eigenvalue weighted by molar-refractivity contribution is 7.80. The van der Waals surface area contributed by atoms with Crippen molar-refractivity contribution in [2.45, 2.75) is 6.42 Å². The van der Waals surface area contributed by atoms with E-state index in [1.807, 2.05) is 30.3 Å². The molecule has 5 nitrogen and oxygen atoms in total. The molecule has 0 atom stereocenters. The first kappa shape index (κ1) is 16.2. The molecule has 0 spiro atoms. The van der Waals surface area contributed by atoms with Gasteiger partial charge >= 0.3 is 0 Å². The van der Waals surface area contributed by atoms with E-state index in [1.165, 1.54) is 17.7 Å². The third-order valence-corrected chi connectivity index (χ3v) is 3.51. The molecule has 0 aliphatic heterocycles. The molecule has 0 aromatic heterocycles. The van der Waals surface area contributed by atoms with Crippen molar-refractivity contribution in [3.63, 3.8) is 0 Å². The van der Waals surface area contributed by atoms with Gasteiger partial charge < -0.3 is 10.6 Å². The number of hydrogen-bond donors (Lipinski definition) is 2. The van der Waals surface area contributed by atoms with E-state index in [9.17, 15) is 10.1 Å². The standard InChI is InChI=1S/C15H14ClN3O2S/c16-13-7-6-12(10-14(13)19(20)21)18-15(22)17-9-8-11-4-2-1-3-5-11/h1-7,10H,8-9H2,(H2,17,18,22). The second kappa shape index (κ2) is 7.72.